The Labute approximate surface area is 224 Å². The average molecular weight is 553 g/mol. The standard InChI is InChI=1S/C29H28N.2ClH.Zr/c1-30-25-16-7-6-14-23(25)26-27(21-12-4-5-13-22(21)28(26)30)29-17-9-8-15-24(29)20-11-3-2-10-19(20)18-29;;;/h2-7,10-14,16,18-20,24,27H,8-9,15,17H2,1H3;2*1H;/q;;;+2/p-2. The molecule has 1 heterocycles. The minimum atomic E-state index is 0. The first-order chi connectivity index (χ1) is 15.2. The molecule has 2 aromatic carbocycles. The van der Waals surface area contributed by atoms with E-state index >= 15 is 0 Å². The van der Waals surface area contributed by atoms with E-state index in [9.17, 15) is 0 Å². The van der Waals surface area contributed by atoms with Crippen molar-refractivity contribution in [1.29, 1.82) is 0 Å². The van der Waals surface area contributed by atoms with Crippen molar-refractivity contribution in [2.45, 2.75) is 35.2 Å². The first-order valence-corrected chi connectivity index (χ1v) is 13.4. The third-order valence-corrected chi connectivity index (χ3v) is 11.5. The molecule has 0 saturated heterocycles. The van der Waals surface area contributed by atoms with E-state index in [1.165, 1.54) is 47.8 Å². The van der Waals surface area contributed by atoms with Crippen LogP contribution in [0.2, 0.25) is 3.63 Å². The molecule has 6 unspecified atom stereocenters. The van der Waals surface area contributed by atoms with Crippen LogP contribution in [0.4, 0.5) is 0 Å². The van der Waals surface area contributed by atoms with E-state index in [1.54, 1.807) is 35.8 Å². The summed E-state index contributed by atoms with van der Waals surface area (Å²) in [5.74, 6) is 2.81. The Bertz CT molecular complexity index is 1270. The second-order valence-corrected chi connectivity index (χ2v) is 11.8. The number of aryl methyl sites for hydroxylation is 1. The molecule has 0 radical (unpaired) electrons. The minimum absolute atomic E-state index is 0. The van der Waals surface area contributed by atoms with Crippen LogP contribution < -0.4 is 24.8 Å². The maximum Gasteiger partial charge on any atom is -1.00 e. The summed E-state index contributed by atoms with van der Waals surface area (Å²) in [7, 11) is 2.28. The van der Waals surface area contributed by atoms with Gasteiger partial charge in [0.25, 0.3) is 0 Å². The van der Waals surface area contributed by atoms with Crippen molar-refractivity contribution in [2.24, 2.45) is 30.2 Å². The maximum atomic E-state index is 2.57. The van der Waals surface area contributed by atoms with Gasteiger partial charge in [0.15, 0.2) is 0 Å². The van der Waals surface area contributed by atoms with Gasteiger partial charge in [-0.25, -0.2) is 0 Å². The molecule has 0 N–H and O–H groups in total. The topological polar surface area (TPSA) is 4.93 Å². The SMILES string of the molecule is Cn1c2c(c3ccccc31)C(C13CCCCC1C1C=CC=CC1[CH]3[Zr+2])c1ccccc1-2.[Cl-].[Cl-]. The fourth-order valence-electron chi connectivity index (χ4n) is 8.18. The molecular formula is C29H28Cl2NZr. The Morgan fingerprint density at radius 1 is 0.909 bits per heavy atom. The van der Waals surface area contributed by atoms with Crippen LogP contribution in [0.3, 0.4) is 0 Å². The number of hydrogen-bond acceptors (Lipinski definition) is 0. The molecule has 1 nitrogen and oxygen atoms in total. The van der Waals surface area contributed by atoms with E-state index in [4.69, 9.17) is 0 Å². The van der Waals surface area contributed by atoms with Crippen LogP contribution in [0, 0.1) is 23.2 Å². The predicted molar refractivity (Wildman–Crippen MR) is 124 cm³/mol. The molecule has 4 heteroatoms. The van der Waals surface area contributed by atoms with Gasteiger partial charge in [-0.3, -0.25) is 0 Å². The van der Waals surface area contributed by atoms with Gasteiger partial charge >= 0.3 is 201 Å². The zero-order valence-corrected chi connectivity index (χ0v) is 22.8. The zero-order valence-electron chi connectivity index (χ0n) is 18.8. The summed E-state index contributed by atoms with van der Waals surface area (Å²) in [6.45, 7) is 0. The summed E-state index contributed by atoms with van der Waals surface area (Å²) in [5.41, 5.74) is 8.01. The van der Waals surface area contributed by atoms with E-state index < -0.39 is 0 Å². The van der Waals surface area contributed by atoms with Gasteiger partial charge in [0.2, 0.25) is 0 Å². The molecule has 33 heavy (non-hydrogen) atoms. The van der Waals surface area contributed by atoms with Gasteiger partial charge in [-0.2, -0.15) is 0 Å². The number of para-hydroxylation sites is 1. The Hall–Kier alpha value is -1.08. The van der Waals surface area contributed by atoms with Crippen molar-refractivity contribution in [3.8, 4) is 11.3 Å². The first-order valence-electron chi connectivity index (χ1n) is 12.0. The molecule has 4 aliphatic rings. The number of allylic oxidation sites excluding steroid dienone is 4. The fourth-order valence-corrected chi connectivity index (χ4v) is 10.3. The van der Waals surface area contributed by atoms with Gasteiger partial charge in [0, 0.05) is 0 Å². The molecule has 2 fully saturated rings. The monoisotopic (exact) mass is 550 g/mol. The second kappa shape index (κ2) is 8.55. The molecule has 7 rings (SSSR count). The number of fused-ring (bicyclic) bond motifs is 8. The first kappa shape index (κ1) is 23.7. The normalized spacial score (nSPS) is 33.0. The summed E-state index contributed by atoms with van der Waals surface area (Å²) >= 11 is 1.74. The number of rotatable bonds is 1. The van der Waals surface area contributed by atoms with Crippen LogP contribution in [0.1, 0.15) is 42.7 Å². The second-order valence-electron chi connectivity index (χ2n) is 10.2. The summed E-state index contributed by atoms with van der Waals surface area (Å²) in [4.78, 5) is 0. The van der Waals surface area contributed by atoms with Gasteiger partial charge < -0.3 is 24.8 Å². The van der Waals surface area contributed by atoms with E-state index in [2.05, 4.69) is 84.4 Å². The Kier molecular flexibility index (Phi) is 6.13. The Morgan fingerprint density at radius 3 is 2.48 bits per heavy atom. The molecule has 4 aliphatic carbocycles. The molecule has 3 aromatic rings. The van der Waals surface area contributed by atoms with E-state index in [0.717, 1.165) is 21.4 Å². The number of hydrogen-bond donors (Lipinski definition) is 0. The minimum Gasteiger partial charge on any atom is -1.00 e. The number of nitrogens with zero attached hydrogens (tertiary/aromatic N) is 1. The van der Waals surface area contributed by atoms with Gasteiger partial charge in [-0.15, -0.1) is 0 Å². The summed E-state index contributed by atoms with van der Waals surface area (Å²) < 4.78 is 3.27. The van der Waals surface area contributed by atoms with Crippen molar-refractivity contribution in [1.82, 2.24) is 4.57 Å². The van der Waals surface area contributed by atoms with Crippen molar-refractivity contribution < 1.29 is 49.5 Å². The molecule has 1 aromatic heterocycles. The summed E-state index contributed by atoms with van der Waals surface area (Å²) in [5, 5.41) is 1.49. The van der Waals surface area contributed by atoms with Crippen LogP contribution >= 0.6 is 0 Å². The maximum absolute atomic E-state index is 2.57. The van der Waals surface area contributed by atoms with Crippen LogP contribution in [0.15, 0.2) is 72.8 Å². The average Bonchev–Trinajstić information content (AvgIpc) is 3.41. The molecule has 6 atom stereocenters. The van der Waals surface area contributed by atoms with Crippen LogP contribution in [-0.2, 0) is 31.8 Å². The Morgan fingerprint density at radius 2 is 1.64 bits per heavy atom. The summed E-state index contributed by atoms with van der Waals surface area (Å²) in [6.07, 6.45) is 15.4. The van der Waals surface area contributed by atoms with Gasteiger partial charge in [-0.1, -0.05) is 0 Å². The van der Waals surface area contributed by atoms with E-state index in [1.807, 2.05) is 0 Å². The Balaban J connectivity index is 0.00000114. The van der Waals surface area contributed by atoms with Crippen molar-refractivity contribution in [3.63, 3.8) is 0 Å². The van der Waals surface area contributed by atoms with Crippen LogP contribution in [0.5, 0.6) is 0 Å². The number of aromatic nitrogens is 1. The molecule has 0 amide bonds. The molecule has 0 spiro atoms. The zero-order chi connectivity index (χ0) is 20.7. The van der Waals surface area contributed by atoms with Gasteiger partial charge in [-0.05, 0) is 0 Å². The largest absolute Gasteiger partial charge is 1.00 e. The van der Waals surface area contributed by atoms with Gasteiger partial charge in [0.05, 0.1) is 0 Å². The van der Waals surface area contributed by atoms with Crippen molar-refractivity contribution in [2.75, 3.05) is 0 Å². The van der Waals surface area contributed by atoms with Crippen molar-refractivity contribution >= 4 is 10.9 Å². The third kappa shape index (κ3) is 2.93. The predicted octanol–water partition coefficient (Wildman–Crippen LogP) is 1.18. The molecule has 2 saturated carbocycles. The number of halogens is 2. The van der Waals surface area contributed by atoms with Crippen molar-refractivity contribution in [3.05, 3.63) is 84.0 Å². The van der Waals surface area contributed by atoms with Gasteiger partial charge in [0.1, 0.15) is 0 Å². The fraction of sp³-hybridized carbons (Fsp3) is 0.379. The molecule has 0 aliphatic heterocycles. The third-order valence-electron chi connectivity index (χ3n) is 9.22. The smallest absolute Gasteiger partial charge is 1.00 e. The van der Waals surface area contributed by atoms with Crippen LogP contribution in [0.25, 0.3) is 22.2 Å². The van der Waals surface area contributed by atoms with Crippen LogP contribution in [-0.4, -0.2) is 4.57 Å². The van der Waals surface area contributed by atoms with E-state index in [-0.39, 0.29) is 24.8 Å². The molecule has 167 valence electrons. The molecule has 0 bridgehead atoms. The summed E-state index contributed by atoms with van der Waals surface area (Å²) in [6, 6.07) is 18.5. The molecular weight excluding hydrogens is 524 g/mol. The number of benzene rings is 2. The van der Waals surface area contributed by atoms with E-state index in [0.29, 0.717) is 11.3 Å². The quantitative estimate of drug-likeness (QED) is 0.428.